The molecular weight excluding hydrogens is 397 g/mol. The lowest BCUT2D eigenvalue weighted by molar-refractivity contribution is -0.0334. The summed E-state index contributed by atoms with van der Waals surface area (Å²) >= 11 is 0. The Bertz CT molecular complexity index is 1130. The van der Waals surface area contributed by atoms with E-state index in [1.807, 2.05) is 19.1 Å². The molecule has 1 aliphatic heterocycles. The second-order valence-corrected chi connectivity index (χ2v) is 8.37. The number of aliphatic hydroxyl groups is 1. The van der Waals surface area contributed by atoms with Crippen LogP contribution in [0.2, 0.25) is 0 Å². The molecule has 1 amide bonds. The van der Waals surface area contributed by atoms with Crippen molar-refractivity contribution in [1.29, 1.82) is 0 Å². The summed E-state index contributed by atoms with van der Waals surface area (Å²) < 4.78 is 14.2. The number of pyridine rings is 2. The minimum Gasteiger partial charge on any atom is -0.384 e. The first-order chi connectivity index (χ1) is 14.7. The minimum absolute atomic E-state index is 0.0950. The number of nitrogens with zero attached hydrogens (tertiary/aromatic N) is 3. The topological polar surface area (TPSA) is 104 Å². The smallest absolute Gasteiger partial charge is 0.248 e. The summed E-state index contributed by atoms with van der Waals surface area (Å²) in [5.41, 5.74) is 5.77. The quantitative estimate of drug-likeness (QED) is 0.582. The van der Waals surface area contributed by atoms with Crippen LogP contribution in [0.3, 0.4) is 0 Å². The molecule has 162 valence electrons. The Hall–Kier alpha value is -3.10. The van der Waals surface area contributed by atoms with Gasteiger partial charge in [0.2, 0.25) is 5.91 Å². The number of benzene rings is 1. The molecule has 1 saturated heterocycles. The van der Waals surface area contributed by atoms with Crippen molar-refractivity contribution < 1.29 is 14.3 Å². The Morgan fingerprint density at radius 2 is 2.00 bits per heavy atom. The van der Waals surface area contributed by atoms with Crippen molar-refractivity contribution in [1.82, 2.24) is 14.9 Å². The van der Waals surface area contributed by atoms with Crippen LogP contribution in [0.4, 0.5) is 15.9 Å². The highest BCUT2D eigenvalue weighted by molar-refractivity contribution is 5.94. The first kappa shape index (κ1) is 21.1. The summed E-state index contributed by atoms with van der Waals surface area (Å²) in [5.74, 6) is -0.675. The van der Waals surface area contributed by atoms with E-state index >= 15 is 0 Å². The van der Waals surface area contributed by atoms with Crippen molar-refractivity contribution in [2.45, 2.75) is 25.4 Å². The van der Waals surface area contributed by atoms with Crippen molar-refractivity contribution >= 4 is 28.3 Å². The first-order valence-electron chi connectivity index (χ1n) is 10.3. The maximum atomic E-state index is 14.2. The van der Waals surface area contributed by atoms with Crippen LogP contribution in [0.15, 0.2) is 42.6 Å². The molecule has 1 aromatic carbocycles. The summed E-state index contributed by atoms with van der Waals surface area (Å²) in [5, 5.41) is 15.0. The third-order valence-electron chi connectivity index (χ3n) is 6.12. The molecule has 0 radical (unpaired) electrons. The molecule has 1 aliphatic rings. The number of hydrogen-bond donors (Lipinski definition) is 3. The molecule has 0 saturated carbocycles. The van der Waals surface area contributed by atoms with Gasteiger partial charge in [-0.15, -0.1) is 0 Å². The molecule has 1 fully saturated rings. The van der Waals surface area contributed by atoms with Gasteiger partial charge in [0.1, 0.15) is 17.2 Å². The van der Waals surface area contributed by atoms with Gasteiger partial charge in [-0.25, -0.2) is 14.4 Å². The number of halogens is 1. The number of carbonyl (C=O) groups excluding carboxylic acids is 1. The number of piperidine rings is 1. The SMILES string of the molecule is CN1CCC([C@@](C)(O)c2ccc3cnc(Nc4cc(C(N)=O)ccc4F)cc3n2)CC1. The maximum absolute atomic E-state index is 14.2. The third kappa shape index (κ3) is 4.35. The van der Waals surface area contributed by atoms with Gasteiger partial charge in [-0.2, -0.15) is 0 Å². The molecule has 3 aromatic rings. The van der Waals surface area contributed by atoms with E-state index < -0.39 is 17.3 Å². The van der Waals surface area contributed by atoms with Gasteiger partial charge in [0, 0.05) is 23.2 Å². The molecule has 0 bridgehead atoms. The molecule has 4 rings (SSSR count). The highest BCUT2D eigenvalue weighted by atomic mass is 19.1. The second-order valence-electron chi connectivity index (χ2n) is 8.37. The normalized spacial score (nSPS) is 17.4. The third-order valence-corrected chi connectivity index (χ3v) is 6.12. The monoisotopic (exact) mass is 423 g/mol. The number of hydrogen-bond acceptors (Lipinski definition) is 6. The van der Waals surface area contributed by atoms with E-state index in [9.17, 15) is 14.3 Å². The molecular formula is C23H26FN5O2. The Balaban J connectivity index is 1.63. The van der Waals surface area contributed by atoms with Gasteiger partial charge in [-0.3, -0.25) is 4.79 Å². The van der Waals surface area contributed by atoms with E-state index in [0.29, 0.717) is 17.0 Å². The maximum Gasteiger partial charge on any atom is 0.248 e. The number of primary amides is 1. The van der Waals surface area contributed by atoms with Gasteiger partial charge in [-0.1, -0.05) is 0 Å². The summed E-state index contributed by atoms with van der Waals surface area (Å²) in [6, 6.07) is 9.27. The van der Waals surface area contributed by atoms with Gasteiger partial charge in [0.15, 0.2) is 0 Å². The summed E-state index contributed by atoms with van der Waals surface area (Å²) in [4.78, 5) is 22.7. The largest absolute Gasteiger partial charge is 0.384 e. The first-order valence-corrected chi connectivity index (χ1v) is 10.3. The molecule has 0 unspecified atom stereocenters. The van der Waals surface area contributed by atoms with E-state index in [-0.39, 0.29) is 17.2 Å². The summed E-state index contributed by atoms with van der Waals surface area (Å²) in [6.45, 7) is 3.72. The average Bonchev–Trinajstić information content (AvgIpc) is 2.75. The Labute approximate surface area is 180 Å². The number of carbonyl (C=O) groups is 1. The second kappa shape index (κ2) is 8.20. The van der Waals surface area contributed by atoms with Crippen LogP contribution in [0, 0.1) is 11.7 Å². The number of nitrogens with two attached hydrogens (primary N) is 1. The number of rotatable bonds is 5. The zero-order valence-electron chi connectivity index (χ0n) is 17.6. The van der Waals surface area contributed by atoms with Crippen molar-refractivity contribution in [2.75, 3.05) is 25.5 Å². The van der Waals surface area contributed by atoms with Crippen LogP contribution in [0.5, 0.6) is 0 Å². The van der Waals surface area contributed by atoms with Crippen molar-refractivity contribution in [3.05, 3.63) is 59.7 Å². The molecule has 3 heterocycles. The van der Waals surface area contributed by atoms with Crippen LogP contribution < -0.4 is 11.1 Å². The molecule has 4 N–H and O–H groups in total. The zero-order chi connectivity index (χ0) is 22.2. The predicted molar refractivity (Wildman–Crippen MR) is 118 cm³/mol. The molecule has 2 aromatic heterocycles. The Morgan fingerprint density at radius 3 is 2.71 bits per heavy atom. The highest BCUT2D eigenvalue weighted by Crippen LogP contribution is 2.36. The van der Waals surface area contributed by atoms with Crippen molar-refractivity contribution in [3.63, 3.8) is 0 Å². The number of anilines is 2. The molecule has 1 atom stereocenters. The number of amides is 1. The lowest BCUT2D eigenvalue weighted by Crippen LogP contribution is -2.41. The lowest BCUT2D eigenvalue weighted by atomic mass is 9.79. The fourth-order valence-corrected chi connectivity index (χ4v) is 4.06. The molecule has 0 spiro atoms. The van der Waals surface area contributed by atoms with Crippen molar-refractivity contribution in [2.24, 2.45) is 11.7 Å². The van der Waals surface area contributed by atoms with Gasteiger partial charge in [-0.05, 0) is 76.2 Å². The Kier molecular flexibility index (Phi) is 5.60. The van der Waals surface area contributed by atoms with E-state index in [0.717, 1.165) is 31.3 Å². The average molecular weight is 423 g/mol. The number of likely N-dealkylation sites (tertiary alicyclic amines) is 1. The minimum atomic E-state index is -1.05. The van der Waals surface area contributed by atoms with Crippen LogP contribution >= 0.6 is 0 Å². The number of aromatic nitrogens is 2. The van der Waals surface area contributed by atoms with Gasteiger partial charge in [0.25, 0.3) is 0 Å². The molecule has 8 heteroatoms. The highest BCUT2D eigenvalue weighted by Gasteiger charge is 2.36. The van der Waals surface area contributed by atoms with E-state index in [4.69, 9.17) is 10.7 Å². The lowest BCUT2D eigenvalue weighted by Gasteiger charge is -2.38. The Morgan fingerprint density at radius 1 is 1.26 bits per heavy atom. The molecule has 0 aliphatic carbocycles. The van der Waals surface area contributed by atoms with E-state index in [2.05, 4.69) is 22.2 Å². The van der Waals surface area contributed by atoms with Gasteiger partial charge in [0.05, 0.1) is 16.9 Å². The summed E-state index contributed by atoms with van der Waals surface area (Å²) in [7, 11) is 2.09. The molecule has 7 nitrogen and oxygen atoms in total. The van der Waals surface area contributed by atoms with E-state index in [1.54, 1.807) is 12.3 Å². The summed E-state index contributed by atoms with van der Waals surface area (Å²) in [6.07, 6.45) is 3.44. The van der Waals surface area contributed by atoms with Crippen molar-refractivity contribution in [3.8, 4) is 0 Å². The fourth-order valence-electron chi connectivity index (χ4n) is 4.06. The standard InChI is InChI=1S/C23H26FN5O2/c1-23(31,16-7-9-29(2)10-8-16)20-6-4-15-13-26-21(12-18(15)27-20)28-19-11-14(22(25)30)3-5-17(19)24/h3-6,11-13,16,31H,7-10H2,1-2H3,(H2,25,30)(H,26,28)/t23-/m1/s1. The fraction of sp³-hybridized carbons (Fsp3) is 0.348. The van der Waals surface area contributed by atoms with Gasteiger partial charge < -0.3 is 21.1 Å². The van der Waals surface area contributed by atoms with E-state index in [1.165, 1.54) is 18.2 Å². The van der Waals surface area contributed by atoms with Crippen LogP contribution in [-0.2, 0) is 5.60 Å². The van der Waals surface area contributed by atoms with Gasteiger partial charge >= 0.3 is 0 Å². The van der Waals surface area contributed by atoms with Crippen LogP contribution in [0.25, 0.3) is 10.9 Å². The number of nitrogens with one attached hydrogen (secondary N) is 1. The predicted octanol–water partition coefficient (Wildman–Crippen LogP) is 3.16. The molecule has 31 heavy (non-hydrogen) atoms. The zero-order valence-corrected chi connectivity index (χ0v) is 17.6. The van der Waals surface area contributed by atoms with Crippen LogP contribution in [0.1, 0.15) is 35.8 Å². The van der Waals surface area contributed by atoms with Crippen LogP contribution in [-0.4, -0.2) is 46.0 Å². The number of fused-ring (bicyclic) bond motifs is 1.